The van der Waals surface area contributed by atoms with Gasteiger partial charge in [-0.15, -0.1) is 0 Å². The van der Waals surface area contributed by atoms with E-state index in [2.05, 4.69) is 10.3 Å². The number of hydrogen-bond acceptors (Lipinski definition) is 4. The zero-order valence-electron chi connectivity index (χ0n) is 11.2. The van der Waals surface area contributed by atoms with Gasteiger partial charge in [0.25, 0.3) is 0 Å². The monoisotopic (exact) mass is 305 g/mol. The molecule has 1 aromatic heterocycles. The molecule has 0 aliphatic heterocycles. The number of nitrogens with one attached hydrogen (secondary N) is 1. The van der Waals surface area contributed by atoms with Crippen LogP contribution in [-0.2, 0) is 5.41 Å². The number of aromatic hydroxyl groups is 1. The lowest BCUT2D eigenvalue weighted by atomic mass is 9.81. The maximum absolute atomic E-state index is 10.5. The van der Waals surface area contributed by atoms with Crippen molar-refractivity contribution < 1.29 is 5.11 Å². The van der Waals surface area contributed by atoms with E-state index in [4.69, 9.17) is 30.2 Å². The number of nitrogens with two attached hydrogens (primary N) is 1. The fourth-order valence-electron chi connectivity index (χ4n) is 2.15. The molecule has 0 saturated heterocycles. The molecule has 1 atom stereocenters. The van der Waals surface area contributed by atoms with Crippen LogP contribution in [0.3, 0.4) is 0 Å². The van der Waals surface area contributed by atoms with Crippen molar-refractivity contribution >= 4 is 45.3 Å². The van der Waals surface area contributed by atoms with E-state index in [0.29, 0.717) is 16.1 Å². The van der Waals surface area contributed by atoms with E-state index in [-0.39, 0.29) is 10.7 Å². The van der Waals surface area contributed by atoms with E-state index in [1.54, 1.807) is 26.2 Å². The molecule has 0 fully saturated rings. The SMILES string of the molecule is CNC(=S)C(C)(C(N)=S)c1ccc2cccnc2c1O. The van der Waals surface area contributed by atoms with Crippen molar-refractivity contribution in [1.29, 1.82) is 0 Å². The molecule has 6 heteroatoms. The van der Waals surface area contributed by atoms with Gasteiger partial charge in [0.1, 0.15) is 11.3 Å². The number of pyridine rings is 1. The Balaban J connectivity index is 2.76. The summed E-state index contributed by atoms with van der Waals surface area (Å²) in [5.41, 5.74) is 6.00. The number of benzene rings is 1. The second-order valence-electron chi connectivity index (χ2n) is 4.61. The highest BCUT2D eigenvalue weighted by molar-refractivity contribution is 7.82. The Bertz CT molecular complexity index is 702. The summed E-state index contributed by atoms with van der Waals surface area (Å²) in [4.78, 5) is 4.85. The average Bonchev–Trinajstić information content (AvgIpc) is 2.46. The molecule has 0 radical (unpaired) electrons. The first kappa shape index (κ1) is 14.6. The Hall–Kier alpha value is -1.79. The normalized spacial score (nSPS) is 13.7. The van der Waals surface area contributed by atoms with E-state index in [0.717, 1.165) is 5.39 Å². The third-order valence-corrected chi connectivity index (χ3v) is 4.48. The molecular formula is C14H15N3OS2. The van der Waals surface area contributed by atoms with E-state index in [1.165, 1.54) is 0 Å². The predicted octanol–water partition coefficient (Wildman–Crippen LogP) is 2.03. The van der Waals surface area contributed by atoms with Crippen molar-refractivity contribution in [3.05, 3.63) is 36.0 Å². The van der Waals surface area contributed by atoms with Gasteiger partial charge in [-0.3, -0.25) is 4.98 Å². The summed E-state index contributed by atoms with van der Waals surface area (Å²) < 4.78 is 0. The van der Waals surface area contributed by atoms with Crippen molar-refractivity contribution in [3.63, 3.8) is 0 Å². The lowest BCUT2D eigenvalue weighted by Gasteiger charge is -2.30. The van der Waals surface area contributed by atoms with Crippen molar-refractivity contribution in [3.8, 4) is 5.75 Å². The number of phenolic OH excluding ortho intramolecular Hbond substituents is 1. The number of phenols is 1. The van der Waals surface area contributed by atoms with Gasteiger partial charge in [-0.1, -0.05) is 42.6 Å². The van der Waals surface area contributed by atoms with Crippen LogP contribution in [-0.4, -0.2) is 27.1 Å². The highest BCUT2D eigenvalue weighted by atomic mass is 32.1. The van der Waals surface area contributed by atoms with Crippen molar-refractivity contribution in [2.24, 2.45) is 5.73 Å². The third-order valence-electron chi connectivity index (χ3n) is 3.46. The minimum atomic E-state index is -0.921. The number of fused-ring (bicyclic) bond motifs is 1. The number of rotatable bonds is 3. The van der Waals surface area contributed by atoms with Crippen LogP contribution >= 0.6 is 24.4 Å². The van der Waals surface area contributed by atoms with Crippen molar-refractivity contribution in [2.45, 2.75) is 12.3 Å². The van der Waals surface area contributed by atoms with Crippen LogP contribution in [0.1, 0.15) is 12.5 Å². The maximum atomic E-state index is 10.5. The second kappa shape index (κ2) is 5.30. The molecule has 104 valence electrons. The highest BCUT2D eigenvalue weighted by Crippen LogP contribution is 2.36. The van der Waals surface area contributed by atoms with Crippen LogP contribution in [0, 0.1) is 0 Å². The van der Waals surface area contributed by atoms with E-state index >= 15 is 0 Å². The summed E-state index contributed by atoms with van der Waals surface area (Å²) in [5.74, 6) is 0.0519. The summed E-state index contributed by atoms with van der Waals surface area (Å²) in [6, 6.07) is 7.33. The number of hydrogen-bond donors (Lipinski definition) is 3. The van der Waals surface area contributed by atoms with Gasteiger partial charge in [-0.2, -0.15) is 0 Å². The van der Waals surface area contributed by atoms with Gasteiger partial charge >= 0.3 is 0 Å². The summed E-state index contributed by atoms with van der Waals surface area (Å²) in [6.45, 7) is 1.79. The molecule has 0 aliphatic rings. The molecule has 1 heterocycles. The first-order chi connectivity index (χ1) is 9.42. The van der Waals surface area contributed by atoms with Crippen molar-refractivity contribution in [2.75, 3.05) is 7.05 Å². The Morgan fingerprint density at radius 2 is 2.05 bits per heavy atom. The fraction of sp³-hybridized carbons (Fsp3) is 0.214. The number of likely N-dealkylation sites (N-methyl/N-ethyl adjacent to an activating group) is 1. The van der Waals surface area contributed by atoms with Crippen molar-refractivity contribution in [1.82, 2.24) is 10.3 Å². The summed E-state index contributed by atoms with van der Waals surface area (Å²) >= 11 is 10.5. The highest BCUT2D eigenvalue weighted by Gasteiger charge is 2.37. The topological polar surface area (TPSA) is 71.2 Å². The summed E-state index contributed by atoms with van der Waals surface area (Å²) in [6.07, 6.45) is 1.63. The Morgan fingerprint density at radius 1 is 1.35 bits per heavy atom. The molecule has 4 nitrogen and oxygen atoms in total. The van der Waals surface area contributed by atoms with Gasteiger partial charge in [0.15, 0.2) is 0 Å². The Kier molecular flexibility index (Phi) is 3.87. The van der Waals surface area contributed by atoms with Crippen LogP contribution in [0.2, 0.25) is 0 Å². The molecule has 0 saturated carbocycles. The van der Waals surface area contributed by atoms with Gasteiger partial charge in [-0.25, -0.2) is 0 Å². The smallest absolute Gasteiger partial charge is 0.146 e. The molecule has 2 rings (SSSR count). The zero-order chi connectivity index (χ0) is 14.9. The van der Waals surface area contributed by atoms with E-state index < -0.39 is 5.41 Å². The molecule has 4 N–H and O–H groups in total. The van der Waals surface area contributed by atoms with Crippen LogP contribution in [0.5, 0.6) is 5.75 Å². The maximum Gasteiger partial charge on any atom is 0.146 e. The molecule has 0 bridgehead atoms. The molecule has 1 unspecified atom stereocenters. The zero-order valence-corrected chi connectivity index (χ0v) is 12.8. The largest absolute Gasteiger partial charge is 0.505 e. The summed E-state index contributed by atoms with van der Waals surface area (Å²) in [5, 5.41) is 14.2. The lowest BCUT2D eigenvalue weighted by molar-refractivity contribution is 0.469. The quantitative estimate of drug-likeness (QED) is 0.754. The molecule has 0 amide bonds. The van der Waals surface area contributed by atoms with Crippen LogP contribution in [0.4, 0.5) is 0 Å². The summed E-state index contributed by atoms with van der Waals surface area (Å²) in [7, 11) is 1.70. The average molecular weight is 305 g/mol. The fourth-order valence-corrected chi connectivity index (χ4v) is 2.65. The first-order valence-electron chi connectivity index (χ1n) is 6.02. The number of nitrogens with zero attached hydrogens (tertiary/aromatic N) is 1. The van der Waals surface area contributed by atoms with Gasteiger partial charge in [0, 0.05) is 24.2 Å². The van der Waals surface area contributed by atoms with Gasteiger partial charge < -0.3 is 16.2 Å². The van der Waals surface area contributed by atoms with Crippen LogP contribution < -0.4 is 11.1 Å². The molecular weight excluding hydrogens is 290 g/mol. The second-order valence-corrected chi connectivity index (χ2v) is 5.45. The minimum Gasteiger partial charge on any atom is -0.505 e. The predicted molar refractivity (Wildman–Crippen MR) is 89.2 cm³/mol. The Morgan fingerprint density at radius 3 is 2.65 bits per heavy atom. The minimum absolute atomic E-state index is 0.0519. The molecule has 20 heavy (non-hydrogen) atoms. The van der Waals surface area contributed by atoms with Gasteiger partial charge in [0.05, 0.1) is 15.4 Å². The van der Waals surface area contributed by atoms with Gasteiger partial charge in [-0.05, 0) is 13.0 Å². The van der Waals surface area contributed by atoms with E-state index in [1.807, 2.05) is 18.2 Å². The third kappa shape index (κ3) is 2.10. The number of thiocarbonyl (C=S) groups is 2. The standard InChI is InChI=1S/C14H15N3OS2/c1-14(12(15)19,13(20)16-2)9-6-5-8-4-3-7-17-10(8)11(9)18/h3-7,18H,1-2H3,(H2,15,19)(H,16,20). The van der Waals surface area contributed by atoms with Gasteiger partial charge in [0.2, 0.25) is 0 Å². The first-order valence-corrected chi connectivity index (χ1v) is 6.83. The Labute approximate surface area is 128 Å². The molecule has 0 spiro atoms. The molecule has 2 aromatic rings. The molecule has 0 aliphatic carbocycles. The van der Waals surface area contributed by atoms with Crippen LogP contribution in [0.15, 0.2) is 30.5 Å². The number of aromatic nitrogens is 1. The molecule has 1 aromatic carbocycles. The van der Waals surface area contributed by atoms with Crippen LogP contribution in [0.25, 0.3) is 10.9 Å². The van der Waals surface area contributed by atoms with E-state index in [9.17, 15) is 5.11 Å². The lowest BCUT2D eigenvalue weighted by Crippen LogP contribution is -2.48.